The number of rotatable bonds is 3. The van der Waals surface area contributed by atoms with E-state index in [0.29, 0.717) is 23.2 Å². The Morgan fingerprint density at radius 1 is 1.19 bits per heavy atom. The zero-order valence-corrected chi connectivity index (χ0v) is 15.4. The molecule has 0 aliphatic carbocycles. The molecule has 2 heterocycles. The number of nitrogens with two attached hydrogens (primary N) is 1. The van der Waals surface area contributed by atoms with Crippen molar-refractivity contribution in [3.8, 4) is 16.9 Å². The van der Waals surface area contributed by atoms with Crippen LogP contribution in [0.25, 0.3) is 32.1 Å². The largest absolute Gasteiger partial charge is 0.507 e. The number of benzene rings is 2. The van der Waals surface area contributed by atoms with E-state index in [4.69, 9.17) is 5.73 Å². The van der Waals surface area contributed by atoms with Crippen LogP contribution in [-0.2, 0) is 5.41 Å². The molecule has 5 heteroatoms. The van der Waals surface area contributed by atoms with Crippen molar-refractivity contribution in [2.45, 2.75) is 19.3 Å². The number of phenolic OH excluding ortho intramolecular Hbond substituents is 1. The first-order valence-corrected chi connectivity index (χ1v) is 9.29. The number of fused-ring (bicyclic) bond motifs is 3. The molecule has 0 unspecified atom stereocenters. The summed E-state index contributed by atoms with van der Waals surface area (Å²) in [5, 5.41) is 14.4. The molecule has 4 aromatic rings. The minimum Gasteiger partial charge on any atom is -0.507 e. The van der Waals surface area contributed by atoms with Crippen LogP contribution in [0.3, 0.4) is 0 Å². The number of phenols is 1. The highest BCUT2D eigenvalue weighted by Crippen LogP contribution is 2.41. The van der Waals surface area contributed by atoms with E-state index in [9.17, 15) is 9.50 Å². The van der Waals surface area contributed by atoms with Gasteiger partial charge in [-0.1, -0.05) is 26.0 Å². The molecule has 3 N–H and O–H groups in total. The molecule has 0 bridgehead atoms. The fraction of sp³-hybridized carbons (Fsp3) is 0.190. The van der Waals surface area contributed by atoms with E-state index in [1.165, 1.54) is 6.07 Å². The summed E-state index contributed by atoms with van der Waals surface area (Å²) in [6, 6.07) is 10.5. The third-order valence-corrected chi connectivity index (χ3v) is 5.80. The van der Waals surface area contributed by atoms with E-state index in [1.807, 2.05) is 37.6 Å². The van der Waals surface area contributed by atoms with Crippen molar-refractivity contribution < 1.29 is 9.50 Å². The molecule has 26 heavy (non-hydrogen) atoms. The third kappa shape index (κ3) is 2.55. The van der Waals surface area contributed by atoms with Crippen LogP contribution >= 0.6 is 11.3 Å². The van der Waals surface area contributed by atoms with Gasteiger partial charge in [0.05, 0.1) is 10.2 Å². The van der Waals surface area contributed by atoms with E-state index in [1.54, 1.807) is 29.5 Å². The molecule has 132 valence electrons. The smallest absolute Gasteiger partial charge is 0.127 e. The van der Waals surface area contributed by atoms with Crippen molar-refractivity contribution in [2.24, 2.45) is 5.73 Å². The predicted molar refractivity (Wildman–Crippen MR) is 106 cm³/mol. The Morgan fingerprint density at radius 3 is 2.73 bits per heavy atom. The van der Waals surface area contributed by atoms with Gasteiger partial charge in [-0.05, 0) is 40.8 Å². The third-order valence-electron chi connectivity index (χ3n) is 4.94. The Morgan fingerprint density at radius 2 is 2.00 bits per heavy atom. The van der Waals surface area contributed by atoms with Gasteiger partial charge in [-0.15, -0.1) is 11.3 Å². The van der Waals surface area contributed by atoms with Crippen molar-refractivity contribution in [3.05, 3.63) is 59.4 Å². The van der Waals surface area contributed by atoms with Crippen LogP contribution in [0, 0.1) is 5.82 Å². The second kappa shape index (κ2) is 6.04. The van der Waals surface area contributed by atoms with Gasteiger partial charge in [0.15, 0.2) is 0 Å². The molecule has 0 spiro atoms. The van der Waals surface area contributed by atoms with Gasteiger partial charge in [0.1, 0.15) is 11.6 Å². The summed E-state index contributed by atoms with van der Waals surface area (Å²) in [4.78, 5) is 4.49. The van der Waals surface area contributed by atoms with Crippen LogP contribution in [0.1, 0.15) is 19.4 Å². The van der Waals surface area contributed by atoms with Gasteiger partial charge in [0.2, 0.25) is 0 Å². The Balaban J connectivity index is 2.02. The number of hydrogen-bond acceptors (Lipinski definition) is 4. The Hall–Kier alpha value is -2.50. The van der Waals surface area contributed by atoms with Crippen LogP contribution in [-0.4, -0.2) is 16.6 Å². The molecule has 4 rings (SSSR count). The molecule has 0 saturated carbocycles. The van der Waals surface area contributed by atoms with E-state index in [-0.39, 0.29) is 11.6 Å². The summed E-state index contributed by atoms with van der Waals surface area (Å²) in [5.41, 5.74) is 7.92. The van der Waals surface area contributed by atoms with Gasteiger partial charge in [0, 0.05) is 34.5 Å². The highest BCUT2D eigenvalue weighted by atomic mass is 32.1. The second-order valence-electron chi connectivity index (χ2n) is 7.09. The molecule has 2 aromatic carbocycles. The average molecular weight is 366 g/mol. The average Bonchev–Trinajstić information content (AvgIpc) is 3.10. The summed E-state index contributed by atoms with van der Waals surface area (Å²) in [7, 11) is 0. The quantitative estimate of drug-likeness (QED) is 0.524. The number of hydrogen-bond donors (Lipinski definition) is 2. The number of nitrogens with zero attached hydrogens (tertiary/aromatic N) is 1. The molecule has 0 aliphatic heterocycles. The van der Waals surface area contributed by atoms with E-state index in [0.717, 1.165) is 21.0 Å². The Kier molecular flexibility index (Phi) is 3.93. The maximum Gasteiger partial charge on any atom is 0.127 e. The minimum absolute atomic E-state index is 0.114. The first-order chi connectivity index (χ1) is 12.4. The lowest BCUT2D eigenvalue weighted by molar-refractivity contribution is 0.478. The number of pyridine rings is 1. The van der Waals surface area contributed by atoms with Gasteiger partial charge in [-0.3, -0.25) is 4.98 Å². The maximum atomic E-state index is 14.9. The van der Waals surface area contributed by atoms with Crippen LogP contribution in [0.15, 0.2) is 48.0 Å². The number of halogens is 1. The van der Waals surface area contributed by atoms with Crippen molar-refractivity contribution in [1.82, 2.24) is 4.98 Å². The topological polar surface area (TPSA) is 59.1 Å². The molecule has 3 nitrogen and oxygen atoms in total. The molecule has 0 aliphatic rings. The molecular weight excluding hydrogens is 347 g/mol. The Bertz CT molecular complexity index is 1130. The molecule has 0 saturated heterocycles. The standard InChI is InChI=1S/C21H19FN2OS/c1-21(2,11-23)14-4-3-12(9-15(14)22)19-17(25)6-5-16-20(19)13-7-8-26-18(13)10-24-16/h3-10,25H,11,23H2,1-2H3. The lowest BCUT2D eigenvalue weighted by Crippen LogP contribution is -2.29. The van der Waals surface area contributed by atoms with Crippen molar-refractivity contribution >= 4 is 32.3 Å². The van der Waals surface area contributed by atoms with Crippen LogP contribution in [0.2, 0.25) is 0 Å². The molecule has 2 aromatic heterocycles. The lowest BCUT2D eigenvalue weighted by Gasteiger charge is -2.24. The van der Waals surface area contributed by atoms with Gasteiger partial charge in [0.25, 0.3) is 0 Å². The summed E-state index contributed by atoms with van der Waals surface area (Å²) in [6.07, 6.45) is 1.83. The van der Waals surface area contributed by atoms with Crippen LogP contribution < -0.4 is 5.73 Å². The van der Waals surface area contributed by atoms with E-state index < -0.39 is 5.41 Å². The predicted octanol–water partition coefficient (Wildman–Crippen LogP) is 5.20. The van der Waals surface area contributed by atoms with Gasteiger partial charge in [-0.2, -0.15) is 0 Å². The fourth-order valence-electron chi connectivity index (χ4n) is 3.34. The van der Waals surface area contributed by atoms with Gasteiger partial charge in [-0.25, -0.2) is 4.39 Å². The first kappa shape index (κ1) is 16.9. The number of aromatic nitrogens is 1. The second-order valence-corrected chi connectivity index (χ2v) is 8.04. The normalized spacial score (nSPS) is 12.2. The SMILES string of the molecule is CC(C)(CN)c1ccc(-c2c(O)ccc3ncc4sccc4c23)cc1F. The summed E-state index contributed by atoms with van der Waals surface area (Å²) in [5.74, 6) is -0.206. The van der Waals surface area contributed by atoms with Crippen molar-refractivity contribution in [1.29, 1.82) is 0 Å². The molecule has 0 atom stereocenters. The van der Waals surface area contributed by atoms with Crippen molar-refractivity contribution in [3.63, 3.8) is 0 Å². The van der Waals surface area contributed by atoms with Crippen molar-refractivity contribution in [2.75, 3.05) is 6.54 Å². The molecular formula is C21H19FN2OS. The summed E-state index contributed by atoms with van der Waals surface area (Å²) >= 11 is 1.59. The molecule has 0 amide bonds. The van der Waals surface area contributed by atoms with Gasteiger partial charge >= 0.3 is 0 Å². The summed E-state index contributed by atoms with van der Waals surface area (Å²) in [6.45, 7) is 4.18. The zero-order valence-electron chi connectivity index (χ0n) is 14.6. The van der Waals surface area contributed by atoms with E-state index in [2.05, 4.69) is 4.98 Å². The zero-order chi connectivity index (χ0) is 18.5. The first-order valence-electron chi connectivity index (χ1n) is 8.41. The molecule has 0 fully saturated rings. The van der Waals surface area contributed by atoms with Crippen LogP contribution in [0.4, 0.5) is 4.39 Å². The fourth-order valence-corrected chi connectivity index (χ4v) is 4.10. The van der Waals surface area contributed by atoms with E-state index >= 15 is 0 Å². The van der Waals surface area contributed by atoms with Crippen LogP contribution in [0.5, 0.6) is 5.75 Å². The van der Waals surface area contributed by atoms with Gasteiger partial charge < -0.3 is 10.8 Å². The summed E-state index contributed by atoms with van der Waals surface area (Å²) < 4.78 is 15.9. The maximum absolute atomic E-state index is 14.9. The highest BCUT2D eigenvalue weighted by molar-refractivity contribution is 7.17. The number of thiophene rings is 1. The molecule has 0 radical (unpaired) electrons. The minimum atomic E-state index is -0.453. The monoisotopic (exact) mass is 366 g/mol. The highest BCUT2D eigenvalue weighted by Gasteiger charge is 2.23. The lowest BCUT2D eigenvalue weighted by atomic mass is 9.83. The Labute approximate surface area is 154 Å². The number of aromatic hydroxyl groups is 1.